The molecule has 0 unspecified atom stereocenters. The lowest BCUT2D eigenvalue weighted by molar-refractivity contribution is 0.185. The number of methoxy groups -OCH3 is 1. The molecule has 1 heterocycles. The third kappa shape index (κ3) is 2.04. The summed E-state index contributed by atoms with van der Waals surface area (Å²) in [5.74, 6) is 0. The number of hydrogen-bond donors (Lipinski definition) is 2. The molecule has 1 aromatic rings. The Hall–Kier alpha value is -0.905. The van der Waals surface area contributed by atoms with Gasteiger partial charge in [-0.1, -0.05) is 6.07 Å². The Bertz CT molecular complexity index is 254. The SMILES string of the molecule is COCc1cccnc1B(O)O. The van der Waals surface area contributed by atoms with Crippen LogP contribution in [0.4, 0.5) is 0 Å². The van der Waals surface area contributed by atoms with E-state index in [0.29, 0.717) is 12.2 Å². The highest BCUT2D eigenvalue weighted by molar-refractivity contribution is 6.58. The predicted octanol–water partition coefficient (Wildman–Crippen LogP) is -1.09. The topological polar surface area (TPSA) is 62.6 Å². The number of rotatable bonds is 3. The summed E-state index contributed by atoms with van der Waals surface area (Å²) in [5.41, 5.74) is 0.939. The minimum absolute atomic E-state index is 0.249. The van der Waals surface area contributed by atoms with Crippen molar-refractivity contribution >= 4 is 12.7 Å². The van der Waals surface area contributed by atoms with Crippen molar-refractivity contribution < 1.29 is 14.8 Å². The summed E-state index contributed by atoms with van der Waals surface area (Å²) in [7, 11) is 0.0110. The van der Waals surface area contributed by atoms with Crippen molar-refractivity contribution in [2.24, 2.45) is 0 Å². The zero-order valence-electron chi connectivity index (χ0n) is 6.77. The van der Waals surface area contributed by atoms with Crippen LogP contribution in [-0.2, 0) is 11.3 Å². The first-order valence-electron chi connectivity index (χ1n) is 3.54. The largest absolute Gasteiger partial charge is 0.508 e. The summed E-state index contributed by atoms with van der Waals surface area (Å²) >= 11 is 0. The van der Waals surface area contributed by atoms with E-state index >= 15 is 0 Å². The standard InChI is InChI=1S/C7H10BNO3/c1-12-5-6-3-2-4-9-7(6)8(10)11/h2-4,10-11H,5H2,1H3. The van der Waals surface area contributed by atoms with E-state index in [0.717, 1.165) is 0 Å². The monoisotopic (exact) mass is 167 g/mol. The van der Waals surface area contributed by atoms with Crippen molar-refractivity contribution in [2.75, 3.05) is 7.11 Å². The fourth-order valence-corrected chi connectivity index (χ4v) is 0.961. The number of hydrogen-bond acceptors (Lipinski definition) is 4. The van der Waals surface area contributed by atoms with Crippen LogP contribution in [0, 0.1) is 0 Å². The highest BCUT2D eigenvalue weighted by atomic mass is 16.5. The average Bonchev–Trinajstić information content (AvgIpc) is 2.05. The summed E-state index contributed by atoms with van der Waals surface area (Å²) < 4.78 is 4.86. The first-order chi connectivity index (χ1) is 5.75. The summed E-state index contributed by atoms with van der Waals surface area (Å²) in [6.07, 6.45) is 1.51. The Morgan fingerprint density at radius 3 is 2.92 bits per heavy atom. The number of nitrogens with zero attached hydrogens (tertiary/aromatic N) is 1. The molecule has 0 radical (unpaired) electrons. The lowest BCUT2D eigenvalue weighted by Gasteiger charge is -2.05. The third-order valence-corrected chi connectivity index (χ3v) is 1.47. The van der Waals surface area contributed by atoms with Crippen LogP contribution in [0.2, 0.25) is 0 Å². The van der Waals surface area contributed by atoms with Crippen LogP contribution in [-0.4, -0.2) is 29.3 Å². The molecular weight excluding hydrogens is 157 g/mol. The molecular formula is C7H10BNO3. The van der Waals surface area contributed by atoms with Gasteiger partial charge >= 0.3 is 7.12 Å². The van der Waals surface area contributed by atoms with Gasteiger partial charge in [0.2, 0.25) is 0 Å². The fourth-order valence-electron chi connectivity index (χ4n) is 0.961. The zero-order chi connectivity index (χ0) is 8.97. The molecule has 0 aliphatic carbocycles. The molecule has 5 heteroatoms. The van der Waals surface area contributed by atoms with E-state index in [1.54, 1.807) is 19.2 Å². The molecule has 0 atom stereocenters. The van der Waals surface area contributed by atoms with Gasteiger partial charge in [-0.25, -0.2) is 0 Å². The smallest absolute Gasteiger partial charge is 0.422 e. The van der Waals surface area contributed by atoms with E-state index in [9.17, 15) is 0 Å². The van der Waals surface area contributed by atoms with Gasteiger partial charge in [-0.05, 0) is 11.6 Å². The van der Waals surface area contributed by atoms with Gasteiger partial charge in [0.05, 0.1) is 12.2 Å². The zero-order valence-corrected chi connectivity index (χ0v) is 6.77. The maximum atomic E-state index is 8.87. The summed E-state index contributed by atoms with van der Waals surface area (Å²) in [4.78, 5) is 3.82. The molecule has 0 aliphatic heterocycles. The van der Waals surface area contributed by atoms with Gasteiger partial charge in [0.1, 0.15) is 0 Å². The second-order valence-electron chi connectivity index (χ2n) is 2.35. The quantitative estimate of drug-likeness (QED) is 0.561. The second kappa shape index (κ2) is 4.20. The van der Waals surface area contributed by atoms with E-state index in [1.165, 1.54) is 6.20 Å². The third-order valence-electron chi connectivity index (χ3n) is 1.47. The molecule has 0 aliphatic rings. The Balaban J connectivity index is 2.92. The first kappa shape index (κ1) is 9.19. The summed E-state index contributed by atoms with van der Waals surface area (Å²) in [5, 5.41) is 17.7. The number of aromatic nitrogens is 1. The van der Waals surface area contributed by atoms with Crippen molar-refractivity contribution in [3.63, 3.8) is 0 Å². The molecule has 1 aromatic heterocycles. The lowest BCUT2D eigenvalue weighted by atomic mass is 9.82. The minimum atomic E-state index is -1.53. The molecule has 0 spiro atoms. The van der Waals surface area contributed by atoms with Gasteiger partial charge in [0, 0.05) is 13.3 Å². The van der Waals surface area contributed by atoms with Crippen LogP contribution in [0.3, 0.4) is 0 Å². The van der Waals surface area contributed by atoms with Gasteiger partial charge in [-0.15, -0.1) is 0 Å². The first-order valence-corrected chi connectivity index (χ1v) is 3.54. The maximum absolute atomic E-state index is 8.87. The molecule has 4 nitrogen and oxygen atoms in total. The highest BCUT2D eigenvalue weighted by Crippen LogP contribution is 1.95. The van der Waals surface area contributed by atoms with E-state index in [-0.39, 0.29) is 5.59 Å². The Morgan fingerprint density at radius 1 is 1.58 bits per heavy atom. The van der Waals surface area contributed by atoms with E-state index in [2.05, 4.69) is 4.98 Å². The normalized spacial score (nSPS) is 9.92. The lowest BCUT2D eigenvalue weighted by Crippen LogP contribution is -2.35. The van der Waals surface area contributed by atoms with Crippen molar-refractivity contribution in [1.29, 1.82) is 0 Å². The van der Waals surface area contributed by atoms with Gasteiger partial charge in [0.25, 0.3) is 0 Å². The molecule has 0 saturated heterocycles. The molecule has 64 valence electrons. The summed E-state index contributed by atoms with van der Waals surface area (Å²) in [6.45, 7) is 0.334. The van der Waals surface area contributed by atoms with Gasteiger partial charge in [0.15, 0.2) is 0 Å². The Kier molecular flexibility index (Phi) is 3.22. The summed E-state index contributed by atoms with van der Waals surface area (Å²) in [6, 6.07) is 3.46. The van der Waals surface area contributed by atoms with Crippen LogP contribution in [0.15, 0.2) is 18.3 Å². The van der Waals surface area contributed by atoms with Crippen molar-refractivity contribution in [2.45, 2.75) is 6.61 Å². The molecule has 0 amide bonds. The van der Waals surface area contributed by atoms with E-state index in [4.69, 9.17) is 14.8 Å². The molecule has 12 heavy (non-hydrogen) atoms. The Labute approximate surface area is 71.0 Å². The highest BCUT2D eigenvalue weighted by Gasteiger charge is 2.16. The van der Waals surface area contributed by atoms with Crippen molar-refractivity contribution in [1.82, 2.24) is 4.98 Å². The molecule has 0 fully saturated rings. The molecule has 0 saturated carbocycles. The van der Waals surface area contributed by atoms with Crippen LogP contribution in [0.25, 0.3) is 0 Å². The van der Waals surface area contributed by atoms with Gasteiger partial charge < -0.3 is 14.8 Å². The fraction of sp³-hybridized carbons (Fsp3) is 0.286. The maximum Gasteiger partial charge on any atom is 0.508 e. The molecule has 1 rings (SSSR count). The molecule has 2 N–H and O–H groups in total. The van der Waals surface area contributed by atoms with Crippen LogP contribution >= 0.6 is 0 Å². The van der Waals surface area contributed by atoms with Crippen LogP contribution < -0.4 is 5.59 Å². The Morgan fingerprint density at radius 2 is 2.33 bits per heavy atom. The predicted molar refractivity (Wildman–Crippen MR) is 44.8 cm³/mol. The number of pyridine rings is 1. The van der Waals surface area contributed by atoms with Gasteiger partial charge in [-0.2, -0.15) is 0 Å². The average molecular weight is 167 g/mol. The van der Waals surface area contributed by atoms with Crippen LogP contribution in [0.5, 0.6) is 0 Å². The van der Waals surface area contributed by atoms with E-state index < -0.39 is 7.12 Å². The molecule has 0 bridgehead atoms. The van der Waals surface area contributed by atoms with E-state index in [1.807, 2.05) is 0 Å². The molecule has 0 aromatic carbocycles. The second-order valence-corrected chi connectivity index (χ2v) is 2.35. The van der Waals surface area contributed by atoms with Crippen molar-refractivity contribution in [3.05, 3.63) is 23.9 Å². The van der Waals surface area contributed by atoms with Gasteiger partial charge in [-0.3, -0.25) is 4.98 Å². The van der Waals surface area contributed by atoms with Crippen molar-refractivity contribution in [3.8, 4) is 0 Å². The van der Waals surface area contributed by atoms with Crippen LogP contribution in [0.1, 0.15) is 5.56 Å². The minimum Gasteiger partial charge on any atom is -0.422 e. The number of ether oxygens (including phenoxy) is 1.